The number of benzene rings is 3. The van der Waals surface area contributed by atoms with Gasteiger partial charge < -0.3 is 5.32 Å². The Bertz CT molecular complexity index is 1100. The van der Waals surface area contributed by atoms with Crippen molar-refractivity contribution in [2.24, 2.45) is 0 Å². The van der Waals surface area contributed by atoms with E-state index in [1.54, 1.807) is 6.07 Å². The first kappa shape index (κ1) is 16.3. The highest BCUT2D eigenvalue weighted by Crippen LogP contribution is 2.21. The van der Waals surface area contributed by atoms with Crippen LogP contribution in [0.4, 0.5) is 0 Å². The summed E-state index contributed by atoms with van der Waals surface area (Å²) in [6.45, 7) is 4.76. The average Bonchev–Trinajstić information content (AvgIpc) is 3.09. The first-order valence-corrected chi connectivity index (χ1v) is 8.78. The molecule has 1 N–H and O–H groups in total. The van der Waals surface area contributed by atoms with Gasteiger partial charge in [-0.2, -0.15) is 0 Å². The summed E-state index contributed by atoms with van der Waals surface area (Å²) in [5.74, 6) is -0.112. The van der Waals surface area contributed by atoms with Crippen LogP contribution in [0.2, 0.25) is 0 Å². The molecule has 1 amide bonds. The second-order valence-electron chi connectivity index (χ2n) is 6.41. The number of rotatable bonds is 4. The number of amides is 1. The molecule has 0 aliphatic heterocycles. The molecule has 0 bridgehead atoms. The number of carbonyl (C=O) groups excluding carboxylic acids is 1. The van der Waals surface area contributed by atoms with E-state index in [2.05, 4.69) is 46.0 Å². The molecule has 26 heavy (non-hydrogen) atoms. The fourth-order valence-electron chi connectivity index (χ4n) is 3.19. The summed E-state index contributed by atoms with van der Waals surface area (Å²) in [6.07, 6.45) is 0. The van der Waals surface area contributed by atoms with Crippen molar-refractivity contribution >= 4 is 27.7 Å². The van der Waals surface area contributed by atoms with Gasteiger partial charge in [-0.25, -0.2) is 4.68 Å². The van der Waals surface area contributed by atoms with Crippen molar-refractivity contribution in [2.45, 2.75) is 26.4 Å². The Morgan fingerprint density at radius 2 is 1.88 bits per heavy atom. The van der Waals surface area contributed by atoms with Crippen molar-refractivity contribution in [1.82, 2.24) is 20.3 Å². The average molecular weight is 344 g/mol. The fourth-order valence-corrected chi connectivity index (χ4v) is 3.19. The summed E-state index contributed by atoms with van der Waals surface area (Å²) < 4.78 is 1.81. The van der Waals surface area contributed by atoms with E-state index in [1.807, 2.05) is 42.8 Å². The van der Waals surface area contributed by atoms with Gasteiger partial charge in [-0.3, -0.25) is 4.79 Å². The van der Waals surface area contributed by atoms with Crippen molar-refractivity contribution in [1.29, 1.82) is 0 Å². The number of carbonyl (C=O) groups is 1. The van der Waals surface area contributed by atoms with E-state index in [9.17, 15) is 4.79 Å². The third-order valence-corrected chi connectivity index (χ3v) is 4.70. The fraction of sp³-hybridized carbons (Fsp3) is 0.190. The lowest BCUT2D eigenvalue weighted by Gasteiger charge is -2.15. The summed E-state index contributed by atoms with van der Waals surface area (Å²) in [5.41, 5.74) is 3.34. The van der Waals surface area contributed by atoms with Crippen molar-refractivity contribution in [3.63, 3.8) is 0 Å². The minimum absolute atomic E-state index is 0.0888. The molecule has 1 heterocycles. The van der Waals surface area contributed by atoms with Gasteiger partial charge in [0.15, 0.2) is 0 Å². The first-order chi connectivity index (χ1) is 12.7. The molecule has 0 fully saturated rings. The second-order valence-corrected chi connectivity index (χ2v) is 6.41. The van der Waals surface area contributed by atoms with E-state index in [-0.39, 0.29) is 11.9 Å². The van der Waals surface area contributed by atoms with Crippen LogP contribution >= 0.6 is 0 Å². The summed E-state index contributed by atoms with van der Waals surface area (Å²) in [6, 6.07) is 19.9. The normalized spacial score (nSPS) is 12.4. The summed E-state index contributed by atoms with van der Waals surface area (Å²) in [4.78, 5) is 12.6. The Hall–Kier alpha value is -3.21. The number of aromatic nitrogens is 3. The van der Waals surface area contributed by atoms with Crippen molar-refractivity contribution in [3.05, 3.63) is 71.8 Å². The van der Waals surface area contributed by atoms with Crippen molar-refractivity contribution in [2.75, 3.05) is 0 Å². The monoisotopic (exact) mass is 344 g/mol. The van der Waals surface area contributed by atoms with E-state index < -0.39 is 0 Å². The smallest absolute Gasteiger partial charge is 0.251 e. The quantitative estimate of drug-likeness (QED) is 0.606. The van der Waals surface area contributed by atoms with Gasteiger partial charge in [-0.05, 0) is 54.4 Å². The maximum Gasteiger partial charge on any atom is 0.251 e. The van der Waals surface area contributed by atoms with Crippen LogP contribution in [0.25, 0.3) is 21.8 Å². The van der Waals surface area contributed by atoms with Crippen LogP contribution < -0.4 is 5.32 Å². The van der Waals surface area contributed by atoms with E-state index in [0.717, 1.165) is 23.1 Å². The molecule has 4 rings (SSSR count). The van der Waals surface area contributed by atoms with Gasteiger partial charge in [0.25, 0.3) is 5.91 Å². The van der Waals surface area contributed by atoms with Crippen LogP contribution in [-0.4, -0.2) is 20.9 Å². The van der Waals surface area contributed by atoms with Crippen LogP contribution in [0.3, 0.4) is 0 Å². The second kappa shape index (κ2) is 6.59. The lowest BCUT2D eigenvalue weighted by molar-refractivity contribution is 0.0940. The van der Waals surface area contributed by atoms with E-state index in [4.69, 9.17) is 0 Å². The lowest BCUT2D eigenvalue weighted by atomic mass is 10.0. The maximum atomic E-state index is 12.6. The van der Waals surface area contributed by atoms with E-state index >= 15 is 0 Å². The number of hydrogen-bond donors (Lipinski definition) is 1. The van der Waals surface area contributed by atoms with Gasteiger partial charge in [0.05, 0.1) is 11.6 Å². The Kier molecular flexibility index (Phi) is 4.13. The number of nitrogens with one attached hydrogen (secondary N) is 1. The van der Waals surface area contributed by atoms with Crippen LogP contribution in [-0.2, 0) is 6.54 Å². The molecule has 5 nitrogen and oxygen atoms in total. The zero-order valence-corrected chi connectivity index (χ0v) is 14.8. The minimum atomic E-state index is -0.112. The van der Waals surface area contributed by atoms with Crippen molar-refractivity contribution < 1.29 is 4.79 Å². The van der Waals surface area contributed by atoms with Crippen LogP contribution in [0.1, 0.15) is 35.8 Å². The molecule has 3 aromatic carbocycles. The molecule has 4 aromatic rings. The van der Waals surface area contributed by atoms with Gasteiger partial charge in [0.2, 0.25) is 0 Å². The molecule has 0 spiro atoms. The molecule has 0 saturated heterocycles. The van der Waals surface area contributed by atoms with Gasteiger partial charge in [0.1, 0.15) is 5.52 Å². The number of fused-ring (bicyclic) bond motifs is 2. The first-order valence-electron chi connectivity index (χ1n) is 8.78. The number of aryl methyl sites for hydroxylation is 1. The Morgan fingerprint density at radius 3 is 2.69 bits per heavy atom. The molecule has 5 heteroatoms. The Morgan fingerprint density at radius 1 is 1.08 bits per heavy atom. The zero-order chi connectivity index (χ0) is 18.1. The molecule has 0 radical (unpaired) electrons. The molecule has 0 aliphatic carbocycles. The molecule has 1 atom stereocenters. The largest absolute Gasteiger partial charge is 0.346 e. The molecule has 0 aliphatic rings. The topological polar surface area (TPSA) is 59.8 Å². The number of nitrogens with zero attached hydrogens (tertiary/aromatic N) is 3. The zero-order valence-electron chi connectivity index (χ0n) is 14.8. The Labute approximate surface area is 151 Å². The van der Waals surface area contributed by atoms with Gasteiger partial charge in [-0.15, -0.1) is 5.10 Å². The standard InChI is InChI=1S/C21H20N4O/c1-3-25-20-11-10-18(13-19(20)23-24-25)21(26)22-14(2)16-9-8-15-6-4-5-7-17(15)12-16/h4-14H,3H2,1-2H3,(H,22,26). The van der Waals surface area contributed by atoms with E-state index in [0.29, 0.717) is 5.56 Å². The van der Waals surface area contributed by atoms with Crippen LogP contribution in [0.5, 0.6) is 0 Å². The molecular weight excluding hydrogens is 324 g/mol. The minimum Gasteiger partial charge on any atom is -0.346 e. The summed E-state index contributed by atoms with van der Waals surface area (Å²) in [5, 5.41) is 13.7. The lowest BCUT2D eigenvalue weighted by Crippen LogP contribution is -2.26. The third kappa shape index (κ3) is 2.92. The molecule has 1 unspecified atom stereocenters. The highest BCUT2D eigenvalue weighted by atomic mass is 16.1. The highest BCUT2D eigenvalue weighted by Gasteiger charge is 2.14. The Balaban J connectivity index is 1.56. The van der Waals surface area contributed by atoms with E-state index in [1.165, 1.54) is 10.8 Å². The highest BCUT2D eigenvalue weighted by molar-refractivity contribution is 5.97. The molecule has 130 valence electrons. The van der Waals surface area contributed by atoms with Crippen LogP contribution in [0, 0.1) is 0 Å². The predicted octanol–water partition coefficient (Wildman–Crippen LogP) is 4.10. The van der Waals surface area contributed by atoms with Crippen LogP contribution in [0.15, 0.2) is 60.7 Å². The predicted molar refractivity (Wildman–Crippen MR) is 103 cm³/mol. The SMILES string of the molecule is CCn1nnc2cc(C(=O)NC(C)c3ccc4ccccc4c3)ccc21. The molecule has 1 aromatic heterocycles. The molecular formula is C21H20N4O. The van der Waals surface area contributed by atoms with Crippen molar-refractivity contribution in [3.8, 4) is 0 Å². The number of hydrogen-bond acceptors (Lipinski definition) is 3. The van der Waals surface area contributed by atoms with Gasteiger partial charge in [-0.1, -0.05) is 41.6 Å². The summed E-state index contributed by atoms with van der Waals surface area (Å²) in [7, 11) is 0. The van der Waals surface area contributed by atoms with Gasteiger partial charge in [0, 0.05) is 12.1 Å². The third-order valence-electron chi connectivity index (χ3n) is 4.70. The maximum absolute atomic E-state index is 12.6. The molecule has 0 saturated carbocycles. The summed E-state index contributed by atoms with van der Waals surface area (Å²) >= 11 is 0. The van der Waals surface area contributed by atoms with Gasteiger partial charge >= 0.3 is 0 Å².